The van der Waals surface area contributed by atoms with Crippen LogP contribution >= 0.6 is 23.2 Å². The lowest BCUT2D eigenvalue weighted by Gasteiger charge is -2.42. The minimum atomic E-state index is 0.213. The van der Waals surface area contributed by atoms with Gasteiger partial charge in [0.05, 0.1) is 5.88 Å². The maximum atomic E-state index is 6.08. The van der Waals surface area contributed by atoms with E-state index in [-0.39, 0.29) is 5.54 Å². The van der Waals surface area contributed by atoms with Gasteiger partial charge in [-0.2, -0.15) is 0 Å². The number of nitrogens with zero attached hydrogens (tertiary/aromatic N) is 4. The molecule has 0 aliphatic carbocycles. The van der Waals surface area contributed by atoms with E-state index >= 15 is 0 Å². The van der Waals surface area contributed by atoms with Crippen LogP contribution in [0.2, 0.25) is 5.15 Å². The lowest BCUT2D eigenvalue weighted by molar-refractivity contribution is 0.128. The van der Waals surface area contributed by atoms with E-state index in [4.69, 9.17) is 23.2 Å². The van der Waals surface area contributed by atoms with Crippen LogP contribution in [0.15, 0.2) is 6.33 Å². The minimum absolute atomic E-state index is 0.213. The SMILES string of the molecule is CC(C)(C)N1CCN(c2ncnc(Cl)c2CCl)CC1. The molecule has 0 bridgehead atoms. The van der Waals surface area contributed by atoms with Gasteiger partial charge in [0.2, 0.25) is 0 Å². The standard InChI is InChI=1S/C13H20Cl2N4/c1-13(2,3)19-6-4-18(5-7-19)12-10(8-14)11(15)16-9-17-12/h9H,4-8H2,1-3H3. The van der Waals surface area contributed by atoms with Gasteiger partial charge in [0, 0.05) is 37.3 Å². The first kappa shape index (κ1) is 14.8. The summed E-state index contributed by atoms with van der Waals surface area (Å²) in [6, 6.07) is 0. The number of aromatic nitrogens is 2. The van der Waals surface area contributed by atoms with Gasteiger partial charge in [0.25, 0.3) is 0 Å². The van der Waals surface area contributed by atoms with Crippen molar-refractivity contribution in [2.24, 2.45) is 0 Å². The average molecular weight is 303 g/mol. The smallest absolute Gasteiger partial charge is 0.138 e. The number of piperazine rings is 1. The third-order valence-electron chi connectivity index (χ3n) is 3.53. The summed E-state index contributed by atoms with van der Waals surface area (Å²) in [4.78, 5) is 13.1. The van der Waals surface area contributed by atoms with Crippen LogP contribution in [-0.4, -0.2) is 46.6 Å². The summed E-state index contributed by atoms with van der Waals surface area (Å²) in [6.45, 7) is 10.7. The van der Waals surface area contributed by atoms with E-state index in [0.29, 0.717) is 11.0 Å². The highest BCUT2D eigenvalue weighted by atomic mass is 35.5. The second-order valence-electron chi connectivity index (χ2n) is 5.75. The highest BCUT2D eigenvalue weighted by molar-refractivity contribution is 6.31. The monoisotopic (exact) mass is 302 g/mol. The molecule has 19 heavy (non-hydrogen) atoms. The number of hydrogen-bond acceptors (Lipinski definition) is 4. The van der Waals surface area contributed by atoms with Gasteiger partial charge in [-0.15, -0.1) is 11.6 Å². The quantitative estimate of drug-likeness (QED) is 0.621. The van der Waals surface area contributed by atoms with E-state index in [0.717, 1.165) is 37.6 Å². The molecule has 0 amide bonds. The first-order valence-corrected chi connectivity index (χ1v) is 7.40. The molecule has 0 atom stereocenters. The zero-order valence-electron chi connectivity index (χ0n) is 11.7. The fourth-order valence-electron chi connectivity index (χ4n) is 2.36. The minimum Gasteiger partial charge on any atom is -0.354 e. The third kappa shape index (κ3) is 3.30. The van der Waals surface area contributed by atoms with Crippen molar-refractivity contribution in [1.82, 2.24) is 14.9 Å². The van der Waals surface area contributed by atoms with Crippen LogP contribution in [0.1, 0.15) is 26.3 Å². The summed E-state index contributed by atoms with van der Waals surface area (Å²) >= 11 is 12.0. The van der Waals surface area contributed by atoms with Crippen LogP contribution in [0.3, 0.4) is 0 Å². The molecule has 0 unspecified atom stereocenters. The Labute approximate surface area is 124 Å². The number of anilines is 1. The Morgan fingerprint density at radius 1 is 1.16 bits per heavy atom. The molecule has 0 aromatic carbocycles. The molecule has 1 aliphatic heterocycles. The first-order valence-electron chi connectivity index (χ1n) is 6.49. The number of hydrogen-bond donors (Lipinski definition) is 0. The van der Waals surface area contributed by atoms with Gasteiger partial charge in [-0.1, -0.05) is 11.6 Å². The van der Waals surface area contributed by atoms with Gasteiger partial charge in [-0.05, 0) is 20.8 Å². The van der Waals surface area contributed by atoms with Crippen molar-refractivity contribution in [1.29, 1.82) is 0 Å². The van der Waals surface area contributed by atoms with E-state index in [9.17, 15) is 0 Å². The molecule has 1 saturated heterocycles. The molecule has 4 nitrogen and oxygen atoms in total. The zero-order valence-corrected chi connectivity index (χ0v) is 13.2. The van der Waals surface area contributed by atoms with Crippen LogP contribution < -0.4 is 4.90 Å². The normalized spacial score (nSPS) is 17.8. The number of halogens is 2. The highest BCUT2D eigenvalue weighted by Crippen LogP contribution is 2.26. The van der Waals surface area contributed by atoms with Gasteiger partial charge >= 0.3 is 0 Å². The molecule has 1 aliphatic rings. The predicted octanol–water partition coefficient (Wildman–Crippen LogP) is 2.79. The molecular weight excluding hydrogens is 283 g/mol. The molecule has 0 radical (unpaired) electrons. The maximum Gasteiger partial charge on any atom is 0.138 e. The van der Waals surface area contributed by atoms with E-state index < -0.39 is 0 Å². The number of rotatable bonds is 2. The van der Waals surface area contributed by atoms with Crippen molar-refractivity contribution in [2.45, 2.75) is 32.2 Å². The second-order valence-corrected chi connectivity index (χ2v) is 6.37. The van der Waals surface area contributed by atoms with Crippen LogP contribution in [0, 0.1) is 0 Å². The molecule has 2 rings (SSSR count). The average Bonchev–Trinajstić information content (AvgIpc) is 2.37. The molecule has 0 saturated carbocycles. The largest absolute Gasteiger partial charge is 0.354 e. The van der Waals surface area contributed by atoms with Gasteiger partial charge < -0.3 is 4.90 Å². The summed E-state index contributed by atoms with van der Waals surface area (Å²) in [5.41, 5.74) is 1.04. The van der Waals surface area contributed by atoms with Gasteiger partial charge in [0.1, 0.15) is 17.3 Å². The van der Waals surface area contributed by atoms with Crippen LogP contribution in [0.5, 0.6) is 0 Å². The zero-order chi connectivity index (χ0) is 14.0. The van der Waals surface area contributed by atoms with Gasteiger partial charge in [0.15, 0.2) is 0 Å². The third-order valence-corrected chi connectivity index (χ3v) is 4.12. The van der Waals surface area contributed by atoms with Crippen LogP contribution in [-0.2, 0) is 5.88 Å². The molecule has 6 heteroatoms. The van der Waals surface area contributed by atoms with Crippen molar-refractivity contribution >= 4 is 29.0 Å². The van der Waals surface area contributed by atoms with Crippen LogP contribution in [0.25, 0.3) is 0 Å². The summed E-state index contributed by atoms with van der Waals surface area (Å²) in [5.74, 6) is 1.22. The maximum absolute atomic E-state index is 6.08. The Hall–Kier alpha value is -0.580. The van der Waals surface area contributed by atoms with E-state index in [1.54, 1.807) is 0 Å². The van der Waals surface area contributed by atoms with Crippen molar-refractivity contribution in [3.8, 4) is 0 Å². The van der Waals surface area contributed by atoms with Crippen molar-refractivity contribution in [2.75, 3.05) is 31.1 Å². The topological polar surface area (TPSA) is 32.3 Å². The Morgan fingerprint density at radius 2 is 1.79 bits per heavy atom. The fraction of sp³-hybridized carbons (Fsp3) is 0.692. The summed E-state index contributed by atoms with van der Waals surface area (Å²) in [7, 11) is 0. The lowest BCUT2D eigenvalue weighted by atomic mass is 10.0. The molecule has 106 valence electrons. The Kier molecular flexibility index (Phi) is 4.54. The summed E-state index contributed by atoms with van der Waals surface area (Å²) in [5, 5.41) is 0.457. The summed E-state index contributed by atoms with van der Waals surface area (Å²) < 4.78 is 0. The number of alkyl halides is 1. The Bertz CT molecular complexity index is 437. The molecule has 0 N–H and O–H groups in total. The second kappa shape index (κ2) is 5.81. The van der Waals surface area contributed by atoms with E-state index in [1.165, 1.54) is 6.33 Å². The van der Waals surface area contributed by atoms with E-state index in [2.05, 4.69) is 40.5 Å². The molecule has 2 heterocycles. The van der Waals surface area contributed by atoms with Gasteiger partial charge in [-0.25, -0.2) is 9.97 Å². The predicted molar refractivity (Wildman–Crippen MR) is 80.1 cm³/mol. The van der Waals surface area contributed by atoms with Crippen molar-refractivity contribution in [3.63, 3.8) is 0 Å². The highest BCUT2D eigenvalue weighted by Gasteiger charge is 2.27. The molecule has 0 spiro atoms. The molecule has 1 aromatic heterocycles. The summed E-state index contributed by atoms with van der Waals surface area (Å²) in [6.07, 6.45) is 1.50. The Morgan fingerprint density at radius 3 is 2.32 bits per heavy atom. The fourth-order valence-corrected chi connectivity index (χ4v) is 2.87. The van der Waals surface area contributed by atoms with Gasteiger partial charge in [-0.3, -0.25) is 4.90 Å². The van der Waals surface area contributed by atoms with E-state index in [1.807, 2.05) is 0 Å². The van der Waals surface area contributed by atoms with Crippen molar-refractivity contribution in [3.05, 3.63) is 17.0 Å². The Balaban J connectivity index is 2.12. The molecule has 1 fully saturated rings. The first-order chi connectivity index (χ1) is 8.93. The van der Waals surface area contributed by atoms with Crippen molar-refractivity contribution < 1.29 is 0 Å². The molecular formula is C13H20Cl2N4. The van der Waals surface area contributed by atoms with Crippen LogP contribution in [0.4, 0.5) is 5.82 Å². The molecule has 1 aromatic rings. The lowest BCUT2D eigenvalue weighted by Crippen LogP contribution is -2.53.